The van der Waals surface area contributed by atoms with Crippen molar-refractivity contribution in [2.75, 3.05) is 7.11 Å². The van der Waals surface area contributed by atoms with Crippen LogP contribution in [0, 0.1) is 10.6 Å². The lowest BCUT2D eigenvalue weighted by atomic mass is 10.0. The van der Waals surface area contributed by atoms with E-state index < -0.39 is 0 Å². The Morgan fingerprint density at radius 1 is 1.39 bits per heavy atom. The Morgan fingerprint density at radius 2 is 2.22 bits per heavy atom. The van der Waals surface area contributed by atoms with Crippen molar-refractivity contribution in [2.24, 2.45) is 0 Å². The van der Waals surface area contributed by atoms with Gasteiger partial charge >= 0.3 is 0 Å². The predicted molar refractivity (Wildman–Crippen MR) is 69.1 cm³/mol. The summed E-state index contributed by atoms with van der Waals surface area (Å²) in [6, 6.07) is 3.36. The van der Waals surface area contributed by atoms with Crippen molar-refractivity contribution in [2.45, 2.75) is 18.8 Å². The van der Waals surface area contributed by atoms with Gasteiger partial charge in [0.25, 0.3) is 0 Å². The lowest BCUT2D eigenvalue weighted by Gasteiger charge is -2.04. The van der Waals surface area contributed by atoms with Crippen LogP contribution in [0.5, 0.6) is 5.75 Å². The van der Waals surface area contributed by atoms with E-state index in [-0.39, 0.29) is 11.7 Å². The van der Waals surface area contributed by atoms with Crippen molar-refractivity contribution in [1.29, 1.82) is 0 Å². The fourth-order valence-electron chi connectivity index (χ4n) is 2.56. The quantitative estimate of drug-likeness (QED) is 0.818. The molecule has 0 saturated carbocycles. The molecule has 1 atom stereocenters. The van der Waals surface area contributed by atoms with Gasteiger partial charge in [-0.2, -0.15) is 0 Å². The van der Waals surface area contributed by atoms with E-state index in [1.165, 1.54) is 6.07 Å². The molecule has 94 valence electrons. The number of hydrogen-bond acceptors (Lipinski definition) is 2. The monoisotopic (exact) mass is 264 g/mol. The summed E-state index contributed by atoms with van der Waals surface area (Å²) in [5, 5.41) is 0. The standard InChI is InChI=1S/C13H13FN2OS/c1-17-9-3-7-2-8(4-10(7)11(14)5-9)12-6-15-13(18)16-12/h3,5-6,8H,2,4H2,1H3,(H2,15,16,18). The Labute approximate surface area is 109 Å². The maximum Gasteiger partial charge on any atom is 0.174 e. The maximum absolute atomic E-state index is 13.9. The fraction of sp³-hybridized carbons (Fsp3) is 0.308. The van der Waals surface area contributed by atoms with Crippen LogP contribution in [0.4, 0.5) is 4.39 Å². The summed E-state index contributed by atoms with van der Waals surface area (Å²) in [7, 11) is 1.55. The molecule has 0 bridgehead atoms. The number of hydrogen-bond donors (Lipinski definition) is 2. The SMILES string of the molecule is COc1cc(F)c2c(c1)CC(c1c[nH]c(=S)[nH]1)C2. The fourth-order valence-corrected chi connectivity index (χ4v) is 2.74. The molecule has 0 fully saturated rings. The minimum absolute atomic E-state index is 0.180. The van der Waals surface area contributed by atoms with Gasteiger partial charge in [-0.3, -0.25) is 0 Å². The van der Waals surface area contributed by atoms with E-state index in [4.69, 9.17) is 17.0 Å². The highest BCUT2D eigenvalue weighted by molar-refractivity contribution is 7.71. The molecule has 3 rings (SSSR count). The molecule has 0 spiro atoms. The van der Waals surface area contributed by atoms with E-state index in [0.29, 0.717) is 16.9 Å². The van der Waals surface area contributed by atoms with Crippen LogP contribution < -0.4 is 4.74 Å². The van der Waals surface area contributed by atoms with Crippen LogP contribution in [0.3, 0.4) is 0 Å². The minimum Gasteiger partial charge on any atom is -0.497 e. The summed E-state index contributed by atoms with van der Waals surface area (Å²) < 4.78 is 19.6. The van der Waals surface area contributed by atoms with Crippen molar-refractivity contribution in [3.05, 3.63) is 45.7 Å². The normalized spacial score (nSPS) is 17.8. The Bertz CT molecular complexity index is 647. The number of ether oxygens (including phenoxy) is 1. The number of halogens is 1. The maximum atomic E-state index is 13.9. The van der Waals surface area contributed by atoms with E-state index in [9.17, 15) is 4.39 Å². The number of H-pyrrole nitrogens is 2. The Hall–Kier alpha value is -1.62. The van der Waals surface area contributed by atoms with Gasteiger partial charge in [0.05, 0.1) is 7.11 Å². The molecule has 3 nitrogen and oxygen atoms in total. The topological polar surface area (TPSA) is 40.8 Å². The number of nitrogens with one attached hydrogen (secondary N) is 2. The number of methoxy groups -OCH3 is 1. The first kappa shape index (κ1) is 11.5. The molecule has 2 aromatic rings. The molecule has 5 heteroatoms. The molecule has 0 saturated heterocycles. The van der Waals surface area contributed by atoms with Crippen molar-refractivity contribution in [1.82, 2.24) is 9.97 Å². The minimum atomic E-state index is -0.180. The molecular formula is C13H13FN2OS. The highest BCUT2D eigenvalue weighted by Crippen LogP contribution is 2.36. The van der Waals surface area contributed by atoms with Crippen molar-refractivity contribution < 1.29 is 9.13 Å². The highest BCUT2D eigenvalue weighted by atomic mass is 32.1. The van der Waals surface area contributed by atoms with Gasteiger partial charge in [-0.15, -0.1) is 0 Å². The van der Waals surface area contributed by atoms with Crippen LogP contribution in [0.15, 0.2) is 18.3 Å². The molecule has 18 heavy (non-hydrogen) atoms. The highest BCUT2D eigenvalue weighted by Gasteiger charge is 2.27. The second-order valence-corrected chi connectivity index (χ2v) is 4.96. The zero-order valence-corrected chi connectivity index (χ0v) is 10.7. The Morgan fingerprint density at radius 3 is 2.89 bits per heavy atom. The molecule has 1 unspecified atom stereocenters. The van der Waals surface area contributed by atoms with Gasteiger partial charge < -0.3 is 14.7 Å². The number of rotatable bonds is 2. The van der Waals surface area contributed by atoms with Gasteiger partial charge in [-0.05, 0) is 42.3 Å². The average molecular weight is 264 g/mol. The van der Waals surface area contributed by atoms with Crippen molar-refractivity contribution in [3.8, 4) is 5.75 Å². The van der Waals surface area contributed by atoms with E-state index >= 15 is 0 Å². The molecule has 0 radical (unpaired) electrons. The van der Waals surface area contributed by atoms with Gasteiger partial charge in [-0.1, -0.05) is 0 Å². The van der Waals surface area contributed by atoms with E-state index in [1.807, 2.05) is 12.3 Å². The third-order valence-electron chi connectivity index (χ3n) is 3.47. The first-order valence-corrected chi connectivity index (χ1v) is 6.21. The van der Waals surface area contributed by atoms with Crippen LogP contribution in [-0.2, 0) is 12.8 Å². The number of imidazole rings is 1. The molecule has 1 aliphatic rings. The summed E-state index contributed by atoms with van der Waals surface area (Å²) in [4.78, 5) is 6.06. The van der Waals surface area contributed by atoms with Gasteiger partial charge in [0.15, 0.2) is 4.77 Å². The van der Waals surface area contributed by atoms with E-state index in [2.05, 4.69) is 9.97 Å². The summed E-state index contributed by atoms with van der Waals surface area (Å²) in [5.41, 5.74) is 2.85. The van der Waals surface area contributed by atoms with Gasteiger partial charge in [0.1, 0.15) is 11.6 Å². The summed E-state index contributed by atoms with van der Waals surface area (Å²) >= 11 is 5.01. The second kappa shape index (κ2) is 4.24. The molecule has 1 heterocycles. The molecule has 1 aliphatic carbocycles. The van der Waals surface area contributed by atoms with Gasteiger partial charge in [-0.25, -0.2) is 4.39 Å². The first-order valence-electron chi connectivity index (χ1n) is 5.80. The number of aromatic amines is 2. The lowest BCUT2D eigenvalue weighted by molar-refractivity contribution is 0.410. The third kappa shape index (κ3) is 1.84. The van der Waals surface area contributed by atoms with E-state index in [0.717, 1.165) is 23.2 Å². The van der Waals surface area contributed by atoms with Crippen molar-refractivity contribution >= 4 is 12.2 Å². The average Bonchev–Trinajstić information content (AvgIpc) is 2.94. The Balaban J connectivity index is 1.95. The lowest BCUT2D eigenvalue weighted by Crippen LogP contribution is -1.98. The zero-order chi connectivity index (χ0) is 12.7. The molecule has 2 N–H and O–H groups in total. The molecular weight excluding hydrogens is 251 g/mol. The third-order valence-corrected chi connectivity index (χ3v) is 3.69. The van der Waals surface area contributed by atoms with Crippen LogP contribution in [-0.4, -0.2) is 17.1 Å². The number of aromatic nitrogens is 2. The van der Waals surface area contributed by atoms with Crippen molar-refractivity contribution in [3.63, 3.8) is 0 Å². The van der Waals surface area contributed by atoms with Crippen LogP contribution in [0.1, 0.15) is 22.7 Å². The molecule has 1 aromatic heterocycles. The van der Waals surface area contributed by atoms with Crippen LogP contribution >= 0.6 is 12.2 Å². The Kier molecular flexibility index (Phi) is 2.70. The number of benzene rings is 1. The van der Waals surface area contributed by atoms with E-state index in [1.54, 1.807) is 7.11 Å². The molecule has 0 amide bonds. The largest absolute Gasteiger partial charge is 0.497 e. The summed E-state index contributed by atoms with van der Waals surface area (Å²) in [5.74, 6) is 0.657. The summed E-state index contributed by atoms with van der Waals surface area (Å²) in [6.45, 7) is 0. The second-order valence-electron chi connectivity index (χ2n) is 4.55. The number of fused-ring (bicyclic) bond motifs is 1. The van der Waals surface area contributed by atoms with Gasteiger partial charge in [0.2, 0.25) is 0 Å². The molecule has 0 aliphatic heterocycles. The molecule has 1 aromatic carbocycles. The van der Waals surface area contributed by atoms with Crippen LogP contribution in [0.25, 0.3) is 0 Å². The first-order chi connectivity index (χ1) is 8.67. The predicted octanol–water partition coefficient (Wildman–Crippen LogP) is 3.10. The van der Waals surface area contributed by atoms with Gasteiger partial charge in [0, 0.05) is 23.9 Å². The summed E-state index contributed by atoms with van der Waals surface area (Å²) in [6.07, 6.45) is 3.38. The van der Waals surface area contributed by atoms with Crippen LogP contribution in [0.2, 0.25) is 0 Å². The smallest absolute Gasteiger partial charge is 0.174 e. The zero-order valence-electron chi connectivity index (χ0n) is 9.92.